The molecule has 2 aliphatic heterocycles. The molecule has 2 aromatic carbocycles. The number of carbonyl (C=O) groups is 2. The van der Waals surface area contributed by atoms with Crippen molar-refractivity contribution in [2.75, 3.05) is 32.7 Å². The first-order valence-electron chi connectivity index (χ1n) is 10.5. The third-order valence-electron chi connectivity index (χ3n) is 5.92. The molecule has 2 heterocycles. The average molecular weight is 442 g/mol. The molecule has 0 saturated carbocycles. The number of amides is 2. The molecule has 0 bridgehead atoms. The minimum Gasteiger partial charge on any atom is -0.340 e. The van der Waals surface area contributed by atoms with Gasteiger partial charge in [-0.05, 0) is 11.1 Å². The number of carbonyl (C=O) groups excluding carboxylic acids is 2. The molecule has 0 aliphatic carbocycles. The van der Waals surface area contributed by atoms with Crippen LogP contribution >= 0.6 is 0 Å². The fourth-order valence-electron chi connectivity index (χ4n) is 4.22. The second-order valence-electron chi connectivity index (χ2n) is 8.13. The molecule has 0 spiro atoms. The molecule has 4 rings (SSSR count). The minimum atomic E-state index is -3.42. The summed E-state index contributed by atoms with van der Waals surface area (Å²) in [4.78, 5) is 28.8. The molecule has 0 unspecified atom stereocenters. The molecule has 2 amide bonds. The van der Waals surface area contributed by atoms with E-state index < -0.39 is 10.0 Å². The van der Waals surface area contributed by atoms with E-state index >= 15 is 0 Å². The van der Waals surface area contributed by atoms with Crippen LogP contribution < -0.4 is 0 Å². The van der Waals surface area contributed by atoms with Gasteiger partial charge in [0.25, 0.3) is 0 Å². The number of hydrogen-bond acceptors (Lipinski definition) is 4. The molecule has 164 valence electrons. The smallest absolute Gasteiger partial charge is 0.228 e. The lowest BCUT2D eigenvalue weighted by molar-refractivity contribution is -0.137. The second-order valence-corrected chi connectivity index (χ2v) is 10.1. The summed E-state index contributed by atoms with van der Waals surface area (Å²) < 4.78 is 26.9. The Morgan fingerprint density at radius 3 is 2.06 bits per heavy atom. The molecule has 2 fully saturated rings. The Hall–Kier alpha value is -2.71. The highest BCUT2D eigenvalue weighted by molar-refractivity contribution is 7.88. The van der Waals surface area contributed by atoms with E-state index in [-0.39, 0.29) is 43.0 Å². The van der Waals surface area contributed by atoms with Gasteiger partial charge in [-0.2, -0.15) is 4.31 Å². The Kier molecular flexibility index (Phi) is 6.38. The molecule has 2 aliphatic rings. The zero-order valence-corrected chi connectivity index (χ0v) is 18.2. The lowest BCUT2D eigenvalue weighted by Gasteiger charge is -2.35. The van der Waals surface area contributed by atoms with E-state index in [0.29, 0.717) is 26.2 Å². The van der Waals surface area contributed by atoms with Gasteiger partial charge in [-0.25, -0.2) is 8.42 Å². The molecule has 0 N–H and O–H groups in total. The number of nitrogens with zero attached hydrogens (tertiary/aromatic N) is 3. The highest BCUT2D eigenvalue weighted by Crippen LogP contribution is 2.23. The highest BCUT2D eigenvalue weighted by atomic mass is 32.2. The van der Waals surface area contributed by atoms with E-state index in [1.807, 2.05) is 48.5 Å². The van der Waals surface area contributed by atoms with Crippen molar-refractivity contribution in [3.63, 3.8) is 0 Å². The summed E-state index contributed by atoms with van der Waals surface area (Å²) in [6.07, 6.45) is 0.220. The first kappa shape index (κ1) is 21.5. The summed E-state index contributed by atoms with van der Waals surface area (Å²) in [7, 11) is -3.42. The van der Waals surface area contributed by atoms with Gasteiger partial charge in [0.05, 0.1) is 11.7 Å². The highest BCUT2D eigenvalue weighted by Gasteiger charge is 2.38. The van der Waals surface area contributed by atoms with Crippen LogP contribution in [-0.2, 0) is 31.9 Å². The monoisotopic (exact) mass is 441 g/mol. The largest absolute Gasteiger partial charge is 0.340 e. The van der Waals surface area contributed by atoms with Crippen molar-refractivity contribution in [2.24, 2.45) is 5.92 Å². The van der Waals surface area contributed by atoms with E-state index in [9.17, 15) is 18.0 Å². The van der Waals surface area contributed by atoms with Crippen LogP contribution in [0.2, 0.25) is 0 Å². The van der Waals surface area contributed by atoms with Gasteiger partial charge in [-0.3, -0.25) is 9.59 Å². The summed E-state index contributed by atoms with van der Waals surface area (Å²) in [6.45, 7) is 2.21. The van der Waals surface area contributed by atoms with Crippen LogP contribution in [0.1, 0.15) is 17.5 Å². The Bertz CT molecular complexity index is 1020. The maximum absolute atomic E-state index is 13.0. The van der Waals surface area contributed by atoms with E-state index in [0.717, 1.165) is 11.1 Å². The SMILES string of the molecule is O=C1C[C@H](C(=O)N2CCN(S(=O)(=O)Cc3ccccc3)CC2)CN1Cc1ccccc1. The van der Waals surface area contributed by atoms with Crippen molar-refractivity contribution in [1.29, 1.82) is 0 Å². The molecule has 8 heteroatoms. The summed E-state index contributed by atoms with van der Waals surface area (Å²) in [5, 5.41) is 0. The number of likely N-dealkylation sites (tertiary alicyclic amines) is 1. The van der Waals surface area contributed by atoms with Gasteiger partial charge < -0.3 is 9.80 Å². The van der Waals surface area contributed by atoms with Crippen molar-refractivity contribution in [2.45, 2.75) is 18.7 Å². The normalized spacial score (nSPS) is 20.3. The first-order valence-corrected chi connectivity index (χ1v) is 12.2. The van der Waals surface area contributed by atoms with Crippen LogP contribution in [0, 0.1) is 5.92 Å². The lowest BCUT2D eigenvalue weighted by atomic mass is 10.1. The van der Waals surface area contributed by atoms with Crippen molar-refractivity contribution in [1.82, 2.24) is 14.1 Å². The molecule has 2 aromatic rings. The molecule has 0 radical (unpaired) electrons. The minimum absolute atomic E-state index is 0.00808. The molecule has 1 atom stereocenters. The van der Waals surface area contributed by atoms with Crippen LogP contribution in [0.15, 0.2) is 60.7 Å². The quantitative estimate of drug-likeness (QED) is 0.684. The number of benzene rings is 2. The van der Waals surface area contributed by atoms with Gasteiger partial charge in [0.1, 0.15) is 0 Å². The number of hydrogen-bond donors (Lipinski definition) is 0. The Morgan fingerprint density at radius 1 is 0.871 bits per heavy atom. The predicted molar refractivity (Wildman–Crippen MR) is 117 cm³/mol. The maximum atomic E-state index is 13.0. The first-order chi connectivity index (χ1) is 14.9. The van der Waals surface area contributed by atoms with Crippen molar-refractivity contribution in [3.05, 3.63) is 71.8 Å². The topological polar surface area (TPSA) is 78.0 Å². The zero-order valence-electron chi connectivity index (χ0n) is 17.4. The van der Waals surface area contributed by atoms with Gasteiger partial charge >= 0.3 is 0 Å². The summed E-state index contributed by atoms with van der Waals surface area (Å²) >= 11 is 0. The number of rotatable bonds is 6. The van der Waals surface area contributed by atoms with Gasteiger partial charge in [0.15, 0.2) is 0 Å². The predicted octanol–water partition coefficient (Wildman–Crippen LogP) is 1.71. The van der Waals surface area contributed by atoms with Gasteiger partial charge in [0, 0.05) is 45.7 Å². The molecular formula is C23H27N3O4S. The average Bonchev–Trinajstić information content (AvgIpc) is 3.14. The third-order valence-corrected chi connectivity index (χ3v) is 7.77. The summed E-state index contributed by atoms with van der Waals surface area (Å²) in [5.41, 5.74) is 1.80. The third kappa shape index (κ3) is 5.14. The molecule has 31 heavy (non-hydrogen) atoms. The van der Waals surface area contributed by atoms with Gasteiger partial charge in [0.2, 0.25) is 21.8 Å². The Labute approximate surface area is 183 Å². The van der Waals surface area contributed by atoms with Crippen molar-refractivity contribution >= 4 is 21.8 Å². The fraction of sp³-hybridized carbons (Fsp3) is 0.391. The molecule has 2 saturated heterocycles. The number of sulfonamides is 1. The van der Waals surface area contributed by atoms with E-state index in [2.05, 4.69) is 0 Å². The Balaban J connectivity index is 1.30. The van der Waals surface area contributed by atoms with Crippen LogP contribution in [0.4, 0.5) is 0 Å². The standard InChI is InChI=1S/C23H27N3O4S/c27-22-15-21(17-25(22)16-19-7-3-1-4-8-19)23(28)24-11-13-26(14-12-24)31(29,30)18-20-9-5-2-6-10-20/h1-10,21H,11-18H2/t21-/m0/s1. The van der Waals surface area contributed by atoms with Crippen molar-refractivity contribution in [3.8, 4) is 0 Å². The van der Waals surface area contributed by atoms with Crippen LogP contribution in [0.3, 0.4) is 0 Å². The van der Waals surface area contributed by atoms with Crippen LogP contribution in [-0.4, -0.2) is 67.1 Å². The zero-order chi connectivity index (χ0) is 21.8. The molecule has 0 aromatic heterocycles. The lowest BCUT2D eigenvalue weighted by Crippen LogP contribution is -2.52. The summed E-state index contributed by atoms with van der Waals surface area (Å²) in [5.74, 6) is -0.452. The van der Waals surface area contributed by atoms with Crippen LogP contribution in [0.5, 0.6) is 0 Å². The number of piperazine rings is 1. The molecule has 7 nitrogen and oxygen atoms in total. The van der Waals surface area contributed by atoms with Gasteiger partial charge in [-0.15, -0.1) is 0 Å². The molecular weight excluding hydrogens is 414 g/mol. The van der Waals surface area contributed by atoms with E-state index in [1.54, 1.807) is 21.9 Å². The van der Waals surface area contributed by atoms with E-state index in [4.69, 9.17) is 0 Å². The maximum Gasteiger partial charge on any atom is 0.228 e. The second kappa shape index (κ2) is 9.20. The van der Waals surface area contributed by atoms with E-state index in [1.165, 1.54) is 4.31 Å². The van der Waals surface area contributed by atoms with Crippen molar-refractivity contribution < 1.29 is 18.0 Å². The fourth-order valence-corrected chi connectivity index (χ4v) is 5.73. The van der Waals surface area contributed by atoms with Gasteiger partial charge in [-0.1, -0.05) is 60.7 Å². The summed E-state index contributed by atoms with van der Waals surface area (Å²) in [6, 6.07) is 18.8. The Morgan fingerprint density at radius 2 is 1.45 bits per heavy atom. The van der Waals surface area contributed by atoms with Crippen LogP contribution in [0.25, 0.3) is 0 Å².